The molecule has 0 aliphatic carbocycles. The molecule has 1 amide bonds. The Hall–Kier alpha value is -1.40. The van der Waals surface area contributed by atoms with E-state index >= 15 is 0 Å². The van der Waals surface area contributed by atoms with Gasteiger partial charge in [-0.05, 0) is 13.0 Å². The molecule has 19 heavy (non-hydrogen) atoms. The van der Waals surface area contributed by atoms with Gasteiger partial charge in [0.15, 0.2) is 0 Å². The van der Waals surface area contributed by atoms with Gasteiger partial charge in [-0.25, -0.2) is 0 Å². The minimum absolute atomic E-state index is 0.0502. The van der Waals surface area contributed by atoms with E-state index in [1.807, 2.05) is 26.2 Å². The van der Waals surface area contributed by atoms with Crippen LogP contribution in [0.15, 0.2) is 12.3 Å². The molecule has 1 aromatic heterocycles. The van der Waals surface area contributed by atoms with Crippen molar-refractivity contribution in [1.29, 1.82) is 0 Å². The Balaban J connectivity index is 1.71. The SMILES string of the molecule is CC(C(=O)NCCc1ccn(C)n1)N1CCNCC1. The summed E-state index contributed by atoms with van der Waals surface area (Å²) in [5.41, 5.74) is 1.01. The average Bonchev–Trinajstić information content (AvgIpc) is 2.84. The number of carbonyl (C=O) groups is 1. The van der Waals surface area contributed by atoms with E-state index in [-0.39, 0.29) is 11.9 Å². The third-order valence-electron chi connectivity index (χ3n) is 3.53. The zero-order chi connectivity index (χ0) is 13.7. The smallest absolute Gasteiger partial charge is 0.237 e. The van der Waals surface area contributed by atoms with Crippen molar-refractivity contribution >= 4 is 5.91 Å². The van der Waals surface area contributed by atoms with Crippen molar-refractivity contribution in [3.05, 3.63) is 18.0 Å². The Labute approximate surface area is 114 Å². The second-order valence-electron chi connectivity index (χ2n) is 4.98. The van der Waals surface area contributed by atoms with Crippen LogP contribution in [0.3, 0.4) is 0 Å². The molecule has 1 aliphatic rings. The molecule has 1 saturated heterocycles. The highest BCUT2D eigenvalue weighted by Crippen LogP contribution is 2.01. The Morgan fingerprint density at radius 1 is 1.53 bits per heavy atom. The van der Waals surface area contributed by atoms with Crippen molar-refractivity contribution in [1.82, 2.24) is 25.3 Å². The van der Waals surface area contributed by atoms with Gasteiger partial charge in [0.1, 0.15) is 0 Å². The molecule has 0 spiro atoms. The van der Waals surface area contributed by atoms with Crippen LogP contribution in [0, 0.1) is 0 Å². The number of aryl methyl sites for hydroxylation is 1. The average molecular weight is 265 g/mol. The van der Waals surface area contributed by atoms with Crippen LogP contribution in [0.2, 0.25) is 0 Å². The van der Waals surface area contributed by atoms with Gasteiger partial charge in [0.2, 0.25) is 5.91 Å². The predicted octanol–water partition coefficient (Wildman–Crippen LogP) is -0.627. The number of hydrogen-bond donors (Lipinski definition) is 2. The molecule has 6 nitrogen and oxygen atoms in total. The van der Waals surface area contributed by atoms with Crippen LogP contribution >= 0.6 is 0 Å². The van der Waals surface area contributed by atoms with Gasteiger partial charge in [0, 0.05) is 52.4 Å². The highest BCUT2D eigenvalue weighted by molar-refractivity contribution is 5.81. The van der Waals surface area contributed by atoms with Crippen molar-refractivity contribution in [3.8, 4) is 0 Å². The molecular formula is C13H23N5O. The monoisotopic (exact) mass is 265 g/mol. The van der Waals surface area contributed by atoms with E-state index in [9.17, 15) is 4.79 Å². The lowest BCUT2D eigenvalue weighted by molar-refractivity contribution is -0.126. The molecule has 1 atom stereocenters. The minimum Gasteiger partial charge on any atom is -0.354 e. The van der Waals surface area contributed by atoms with E-state index in [0.29, 0.717) is 6.54 Å². The van der Waals surface area contributed by atoms with Crippen molar-refractivity contribution in [3.63, 3.8) is 0 Å². The lowest BCUT2D eigenvalue weighted by Gasteiger charge is -2.31. The summed E-state index contributed by atoms with van der Waals surface area (Å²) in [5.74, 6) is 0.109. The maximum absolute atomic E-state index is 12.0. The van der Waals surface area contributed by atoms with E-state index in [1.54, 1.807) is 4.68 Å². The van der Waals surface area contributed by atoms with Gasteiger partial charge in [-0.3, -0.25) is 14.4 Å². The van der Waals surface area contributed by atoms with Crippen molar-refractivity contribution in [2.24, 2.45) is 7.05 Å². The van der Waals surface area contributed by atoms with Crippen LogP contribution in [0.25, 0.3) is 0 Å². The van der Waals surface area contributed by atoms with Crippen LogP contribution in [-0.2, 0) is 18.3 Å². The Morgan fingerprint density at radius 3 is 2.89 bits per heavy atom. The zero-order valence-electron chi connectivity index (χ0n) is 11.7. The topological polar surface area (TPSA) is 62.2 Å². The number of piperazine rings is 1. The second-order valence-corrected chi connectivity index (χ2v) is 4.98. The molecule has 1 unspecified atom stereocenters. The lowest BCUT2D eigenvalue weighted by Crippen LogP contribution is -2.52. The maximum atomic E-state index is 12.0. The number of nitrogens with one attached hydrogen (secondary N) is 2. The third-order valence-corrected chi connectivity index (χ3v) is 3.53. The first-order valence-electron chi connectivity index (χ1n) is 6.88. The van der Waals surface area contributed by atoms with Gasteiger partial charge < -0.3 is 10.6 Å². The second kappa shape index (κ2) is 6.68. The largest absolute Gasteiger partial charge is 0.354 e. The zero-order valence-corrected chi connectivity index (χ0v) is 11.7. The van der Waals surface area contributed by atoms with Crippen LogP contribution in [0.4, 0.5) is 0 Å². The fourth-order valence-electron chi connectivity index (χ4n) is 2.29. The van der Waals surface area contributed by atoms with Gasteiger partial charge in [-0.1, -0.05) is 0 Å². The molecule has 0 saturated carbocycles. The van der Waals surface area contributed by atoms with E-state index in [4.69, 9.17) is 0 Å². The van der Waals surface area contributed by atoms with E-state index < -0.39 is 0 Å². The summed E-state index contributed by atoms with van der Waals surface area (Å²) < 4.78 is 1.78. The van der Waals surface area contributed by atoms with E-state index in [1.165, 1.54) is 0 Å². The molecule has 2 heterocycles. The number of rotatable bonds is 5. The highest BCUT2D eigenvalue weighted by Gasteiger charge is 2.22. The molecule has 1 aliphatic heterocycles. The molecule has 2 N–H and O–H groups in total. The molecular weight excluding hydrogens is 242 g/mol. The summed E-state index contributed by atoms with van der Waals surface area (Å²) in [6, 6.07) is 1.93. The molecule has 2 rings (SSSR count). The first-order chi connectivity index (χ1) is 9.16. The van der Waals surface area contributed by atoms with Crippen LogP contribution < -0.4 is 10.6 Å². The van der Waals surface area contributed by atoms with Gasteiger partial charge in [0.25, 0.3) is 0 Å². The number of carbonyl (C=O) groups excluding carboxylic acids is 1. The van der Waals surface area contributed by atoms with Gasteiger partial charge >= 0.3 is 0 Å². The van der Waals surface area contributed by atoms with E-state index in [0.717, 1.165) is 38.3 Å². The summed E-state index contributed by atoms with van der Waals surface area (Å²) in [6.07, 6.45) is 2.70. The molecule has 1 fully saturated rings. The Kier molecular flexibility index (Phi) is 4.93. The first kappa shape index (κ1) is 14.0. The molecule has 0 radical (unpaired) electrons. The van der Waals surface area contributed by atoms with Crippen molar-refractivity contribution in [2.75, 3.05) is 32.7 Å². The Morgan fingerprint density at radius 2 is 2.26 bits per heavy atom. The summed E-state index contributed by atoms with van der Waals surface area (Å²) in [6.45, 7) is 6.43. The fourth-order valence-corrected chi connectivity index (χ4v) is 2.29. The standard InChI is InChI=1S/C13H23N5O/c1-11(18-9-6-14-7-10-18)13(19)15-5-3-12-4-8-17(2)16-12/h4,8,11,14H,3,5-7,9-10H2,1-2H3,(H,15,19). The number of nitrogens with zero attached hydrogens (tertiary/aromatic N) is 3. The number of hydrogen-bond acceptors (Lipinski definition) is 4. The lowest BCUT2D eigenvalue weighted by atomic mass is 10.2. The summed E-state index contributed by atoms with van der Waals surface area (Å²) in [5, 5.41) is 10.6. The molecule has 106 valence electrons. The summed E-state index contributed by atoms with van der Waals surface area (Å²) >= 11 is 0. The summed E-state index contributed by atoms with van der Waals surface area (Å²) in [4.78, 5) is 14.3. The molecule has 0 aromatic carbocycles. The van der Waals surface area contributed by atoms with Gasteiger partial charge in [0.05, 0.1) is 11.7 Å². The van der Waals surface area contributed by atoms with Crippen molar-refractivity contribution in [2.45, 2.75) is 19.4 Å². The minimum atomic E-state index is -0.0502. The van der Waals surface area contributed by atoms with Crippen molar-refractivity contribution < 1.29 is 4.79 Å². The normalized spacial score (nSPS) is 18.2. The third kappa shape index (κ3) is 4.04. The highest BCUT2D eigenvalue weighted by atomic mass is 16.2. The summed E-state index contributed by atoms with van der Waals surface area (Å²) in [7, 11) is 1.90. The first-order valence-corrected chi connectivity index (χ1v) is 6.88. The quantitative estimate of drug-likeness (QED) is 0.744. The fraction of sp³-hybridized carbons (Fsp3) is 0.692. The number of aromatic nitrogens is 2. The van der Waals surface area contributed by atoms with Crippen LogP contribution in [-0.4, -0.2) is 59.4 Å². The maximum Gasteiger partial charge on any atom is 0.237 e. The van der Waals surface area contributed by atoms with Crippen LogP contribution in [0.5, 0.6) is 0 Å². The van der Waals surface area contributed by atoms with Crippen LogP contribution in [0.1, 0.15) is 12.6 Å². The number of amides is 1. The van der Waals surface area contributed by atoms with E-state index in [2.05, 4.69) is 20.6 Å². The predicted molar refractivity (Wildman–Crippen MR) is 73.8 cm³/mol. The van der Waals surface area contributed by atoms with Gasteiger partial charge in [-0.15, -0.1) is 0 Å². The molecule has 0 bridgehead atoms. The van der Waals surface area contributed by atoms with Gasteiger partial charge in [-0.2, -0.15) is 5.10 Å². The molecule has 6 heteroatoms. The Bertz CT molecular complexity index is 411. The molecule has 1 aromatic rings.